The van der Waals surface area contributed by atoms with Gasteiger partial charge in [-0.25, -0.2) is 13.4 Å². The number of thiazole rings is 1. The van der Waals surface area contributed by atoms with Gasteiger partial charge >= 0.3 is 5.51 Å². The SMILES string of the molecule is CC(C)Cc1cc(-c2nc(-c3ccc4c(c3)NC(=O)C4S(=O)(=O)C(F)(F)F)cs2)ccn1. The van der Waals surface area contributed by atoms with E-state index in [9.17, 15) is 26.4 Å². The summed E-state index contributed by atoms with van der Waals surface area (Å²) in [5, 5.41) is 2.47. The number of sulfone groups is 1. The number of carbonyl (C=O) groups is 1. The van der Waals surface area contributed by atoms with Crippen molar-refractivity contribution in [2.45, 2.75) is 31.0 Å². The monoisotopic (exact) mass is 481 g/mol. The van der Waals surface area contributed by atoms with Crippen LogP contribution in [0.5, 0.6) is 0 Å². The van der Waals surface area contributed by atoms with Gasteiger partial charge in [-0.3, -0.25) is 9.78 Å². The fourth-order valence-electron chi connectivity index (χ4n) is 3.51. The number of anilines is 1. The maximum Gasteiger partial charge on any atom is 0.498 e. The van der Waals surface area contributed by atoms with Crippen LogP contribution in [-0.2, 0) is 21.1 Å². The molecule has 11 heteroatoms. The van der Waals surface area contributed by atoms with E-state index in [1.807, 2.05) is 12.1 Å². The van der Waals surface area contributed by atoms with Gasteiger partial charge in [-0.1, -0.05) is 26.0 Å². The number of carbonyl (C=O) groups excluding carboxylic acids is 1. The van der Waals surface area contributed by atoms with Crippen molar-refractivity contribution in [1.29, 1.82) is 0 Å². The minimum Gasteiger partial charge on any atom is -0.324 e. The Labute approximate surface area is 186 Å². The number of aromatic nitrogens is 2. The average molecular weight is 482 g/mol. The van der Waals surface area contributed by atoms with Gasteiger partial charge in [0.2, 0.25) is 5.91 Å². The molecule has 6 nitrogen and oxygen atoms in total. The van der Waals surface area contributed by atoms with E-state index >= 15 is 0 Å². The standard InChI is InChI=1S/C21H18F3N3O3S2/c1-11(2)7-14-8-13(5-6-25-14)20-27-17(10-31-20)12-3-4-15-16(9-12)26-19(28)18(15)32(29,30)21(22,23)24/h3-6,8-11,18H,7H2,1-2H3,(H,26,28). The van der Waals surface area contributed by atoms with Crippen LogP contribution in [0, 0.1) is 5.92 Å². The molecule has 3 aromatic rings. The topological polar surface area (TPSA) is 89.0 Å². The van der Waals surface area contributed by atoms with Crippen LogP contribution in [0.3, 0.4) is 0 Å². The van der Waals surface area contributed by atoms with Crippen molar-refractivity contribution in [2.24, 2.45) is 5.92 Å². The van der Waals surface area contributed by atoms with Crippen LogP contribution in [0.1, 0.15) is 30.4 Å². The molecule has 1 aromatic carbocycles. The molecule has 2 aromatic heterocycles. The van der Waals surface area contributed by atoms with Crippen LogP contribution in [0.15, 0.2) is 41.9 Å². The molecule has 4 rings (SSSR count). The molecule has 1 aliphatic rings. The minimum atomic E-state index is -5.69. The normalized spacial score (nSPS) is 16.3. The van der Waals surface area contributed by atoms with E-state index in [2.05, 4.69) is 29.1 Å². The van der Waals surface area contributed by atoms with E-state index in [1.165, 1.54) is 29.5 Å². The Hall–Kier alpha value is -2.79. The zero-order valence-corrected chi connectivity index (χ0v) is 18.6. The zero-order chi connectivity index (χ0) is 23.3. The van der Waals surface area contributed by atoms with E-state index in [-0.39, 0.29) is 11.3 Å². The van der Waals surface area contributed by atoms with Gasteiger partial charge in [-0.05, 0) is 30.5 Å². The number of amides is 1. The summed E-state index contributed by atoms with van der Waals surface area (Å²) in [4.78, 5) is 21.0. The Balaban J connectivity index is 1.65. The van der Waals surface area contributed by atoms with Crippen molar-refractivity contribution in [3.8, 4) is 21.8 Å². The molecule has 0 saturated heterocycles. The molecule has 0 bridgehead atoms. The van der Waals surface area contributed by atoms with Crippen molar-refractivity contribution in [2.75, 3.05) is 5.32 Å². The van der Waals surface area contributed by atoms with E-state index in [4.69, 9.17) is 0 Å². The highest BCUT2D eigenvalue weighted by atomic mass is 32.2. The third kappa shape index (κ3) is 4.02. The Morgan fingerprint density at radius 2 is 1.91 bits per heavy atom. The van der Waals surface area contributed by atoms with Gasteiger partial charge in [-0.15, -0.1) is 11.3 Å². The molecule has 32 heavy (non-hydrogen) atoms. The number of pyridine rings is 1. The average Bonchev–Trinajstić information content (AvgIpc) is 3.30. The predicted molar refractivity (Wildman–Crippen MR) is 116 cm³/mol. The second kappa shape index (κ2) is 7.96. The highest BCUT2D eigenvalue weighted by Crippen LogP contribution is 2.44. The van der Waals surface area contributed by atoms with Crippen LogP contribution < -0.4 is 5.32 Å². The summed E-state index contributed by atoms with van der Waals surface area (Å²) >= 11 is 1.40. The molecule has 1 amide bonds. The van der Waals surface area contributed by atoms with Crippen LogP contribution in [-0.4, -0.2) is 29.8 Å². The fourth-order valence-corrected chi connectivity index (χ4v) is 5.49. The highest BCUT2D eigenvalue weighted by Gasteiger charge is 2.56. The zero-order valence-electron chi connectivity index (χ0n) is 17.0. The lowest BCUT2D eigenvalue weighted by molar-refractivity contribution is -0.116. The summed E-state index contributed by atoms with van der Waals surface area (Å²) in [6.45, 7) is 4.21. The fraction of sp³-hybridized carbons (Fsp3) is 0.286. The third-order valence-electron chi connectivity index (χ3n) is 4.95. The molecule has 1 N–H and O–H groups in total. The first kappa shape index (κ1) is 22.4. The summed E-state index contributed by atoms with van der Waals surface area (Å²) in [7, 11) is -5.69. The van der Waals surface area contributed by atoms with Crippen LogP contribution >= 0.6 is 11.3 Å². The minimum absolute atomic E-state index is 0.0306. The lowest BCUT2D eigenvalue weighted by Gasteiger charge is -2.13. The first-order chi connectivity index (χ1) is 15.0. The van der Waals surface area contributed by atoms with Crippen molar-refractivity contribution in [1.82, 2.24) is 9.97 Å². The molecule has 0 radical (unpaired) electrons. The summed E-state index contributed by atoms with van der Waals surface area (Å²) in [5.41, 5.74) is -2.76. The largest absolute Gasteiger partial charge is 0.498 e. The number of halogens is 3. The Bertz CT molecular complexity index is 1300. The summed E-state index contributed by atoms with van der Waals surface area (Å²) in [5.74, 6) is -0.765. The van der Waals surface area contributed by atoms with Crippen LogP contribution in [0.2, 0.25) is 0 Å². The third-order valence-corrected chi connectivity index (χ3v) is 7.57. The lowest BCUT2D eigenvalue weighted by Crippen LogP contribution is -2.32. The second-order valence-corrected chi connectivity index (χ2v) is 10.7. The highest BCUT2D eigenvalue weighted by molar-refractivity contribution is 7.93. The lowest BCUT2D eigenvalue weighted by atomic mass is 10.1. The van der Waals surface area contributed by atoms with Crippen molar-refractivity contribution in [3.63, 3.8) is 0 Å². The Kier molecular flexibility index (Phi) is 5.58. The number of alkyl halides is 3. The maximum atomic E-state index is 13.0. The van der Waals surface area contributed by atoms with Gasteiger partial charge in [0.25, 0.3) is 9.84 Å². The molecule has 1 aliphatic heterocycles. The number of nitrogens with zero attached hydrogens (tertiary/aromatic N) is 2. The first-order valence-corrected chi connectivity index (χ1v) is 12.1. The van der Waals surface area contributed by atoms with E-state index in [1.54, 1.807) is 11.6 Å². The van der Waals surface area contributed by atoms with Crippen LogP contribution in [0.4, 0.5) is 18.9 Å². The number of rotatable bonds is 5. The molecule has 168 valence electrons. The van der Waals surface area contributed by atoms with Crippen molar-refractivity contribution >= 4 is 32.8 Å². The number of benzene rings is 1. The maximum absolute atomic E-state index is 13.0. The molecular formula is C21H18F3N3O3S2. The van der Waals surface area contributed by atoms with Gasteiger partial charge in [-0.2, -0.15) is 13.2 Å². The molecule has 0 aliphatic carbocycles. The molecular weight excluding hydrogens is 463 g/mol. The molecule has 1 atom stereocenters. The van der Waals surface area contributed by atoms with Gasteiger partial charge in [0, 0.05) is 39.6 Å². The number of fused-ring (bicyclic) bond motifs is 1. The molecule has 0 fully saturated rings. The van der Waals surface area contributed by atoms with Gasteiger partial charge in [0.15, 0.2) is 5.25 Å². The van der Waals surface area contributed by atoms with Crippen molar-refractivity contribution in [3.05, 3.63) is 53.2 Å². The second-order valence-electron chi connectivity index (χ2n) is 7.83. The van der Waals surface area contributed by atoms with Gasteiger partial charge < -0.3 is 5.32 Å². The Morgan fingerprint density at radius 1 is 1.16 bits per heavy atom. The number of hydrogen-bond acceptors (Lipinski definition) is 6. The number of nitrogens with one attached hydrogen (secondary N) is 1. The van der Waals surface area contributed by atoms with E-state index < -0.39 is 26.5 Å². The van der Waals surface area contributed by atoms with Crippen LogP contribution in [0.25, 0.3) is 21.8 Å². The van der Waals surface area contributed by atoms with E-state index in [0.717, 1.165) is 22.7 Å². The predicted octanol–water partition coefficient (Wildman–Crippen LogP) is 5.00. The van der Waals surface area contributed by atoms with Crippen molar-refractivity contribution < 1.29 is 26.4 Å². The van der Waals surface area contributed by atoms with Gasteiger partial charge in [0.05, 0.1) is 5.69 Å². The first-order valence-electron chi connectivity index (χ1n) is 9.63. The summed E-state index contributed by atoms with van der Waals surface area (Å²) < 4.78 is 62.6. The Morgan fingerprint density at radius 3 is 2.59 bits per heavy atom. The van der Waals surface area contributed by atoms with E-state index in [0.29, 0.717) is 17.2 Å². The number of hydrogen-bond donors (Lipinski definition) is 1. The summed E-state index contributed by atoms with van der Waals surface area (Å²) in [6, 6.07) is 7.95. The van der Waals surface area contributed by atoms with Gasteiger partial charge in [0.1, 0.15) is 5.01 Å². The molecule has 1 unspecified atom stereocenters. The molecule has 0 saturated carbocycles. The smallest absolute Gasteiger partial charge is 0.324 e. The quantitative estimate of drug-likeness (QED) is 0.554. The molecule has 0 spiro atoms. The summed E-state index contributed by atoms with van der Waals surface area (Å²) in [6.07, 6.45) is 2.55. The molecule has 3 heterocycles.